The third-order valence-corrected chi connectivity index (χ3v) is 8.35. The summed E-state index contributed by atoms with van der Waals surface area (Å²) in [6.07, 6.45) is 1.82. The highest BCUT2D eigenvalue weighted by atomic mass is 16.6. The Morgan fingerprint density at radius 3 is 2.39 bits per heavy atom. The zero-order chi connectivity index (χ0) is 32.6. The molecule has 0 bridgehead atoms. The highest BCUT2D eigenvalue weighted by molar-refractivity contribution is 6.02. The number of carbonyl (C=O) groups is 5. The van der Waals surface area contributed by atoms with Crippen LogP contribution in [0, 0.1) is 0 Å². The molecule has 2 saturated heterocycles. The van der Waals surface area contributed by atoms with Gasteiger partial charge in [0.05, 0.1) is 13.7 Å². The van der Waals surface area contributed by atoms with Crippen molar-refractivity contribution in [1.29, 1.82) is 0 Å². The third kappa shape index (κ3) is 7.56. The Hall–Kier alpha value is -5.13. The number of hydrogen-bond acceptors (Lipinski definition) is 8. The van der Waals surface area contributed by atoms with Gasteiger partial charge in [-0.2, -0.15) is 0 Å². The Kier molecular flexibility index (Phi) is 10.4. The Bertz CT molecular complexity index is 1600. The maximum Gasteiger partial charge on any atom is 0.410 e. The number of methoxy groups -OCH3 is 1. The largest absolute Gasteiger partial charge is 0.496 e. The molecule has 0 aliphatic carbocycles. The number of amides is 5. The second kappa shape index (κ2) is 14.8. The summed E-state index contributed by atoms with van der Waals surface area (Å²) < 4.78 is 11.0. The summed E-state index contributed by atoms with van der Waals surface area (Å²) in [5.74, 6) is -1.50. The van der Waals surface area contributed by atoms with Gasteiger partial charge < -0.3 is 25.0 Å². The topological polar surface area (TPSA) is 146 Å². The fourth-order valence-corrected chi connectivity index (χ4v) is 5.96. The van der Waals surface area contributed by atoms with E-state index in [0.717, 1.165) is 28.4 Å². The van der Waals surface area contributed by atoms with Crippen molar-refractivity contribution < 1.29 is 33.4 Å². The summed E-state index contributed by atoms with van der Waals surface area (Å²) in [6.45, 7) is 2.14. The molecule has 0 radical (unpaired) electrons. The van der Waals surface area contributed by atoms with Crippen molar-refractivity contribution in [2.45, 2.75) is 57.3 Å². The molecule has 2 fully saturated rings. The molecule has 3 aromatic carbocycles. The monoisotopic (exact) mass is 629 g/mol. The lowest BCUT2D eigenvalue weighted by Crippen LogP contribution is -2.53. The van der Waals surface area contributed by atoms with E-state index in [1.807, 2.05) is 71.6 Å². The molecule has 242 valence electrons. The fraction of sp³-hybridized carbons (Fsp3) is 0.382. The number of likely N-dealkylation sites (tertiary alicyclic amines) is 1. The van der Waals surface area contributed by atoms with Crippen LogP contribution in [0.15, 0.2) is 66.7 Å². The molecule has 5 rings (SSSR count). The molecule has 3 N–H and O–H groups in total. The third-order valence-electron chi connectivity index (χ3n) is 8.35. The molecule has 12 nitrogen and oxygen atoms in total. The molecule has 3 aromatic rings. The number of nitrogens with zero attached hydrogens (tertiary/aromatic N) is 2. The summed E-state index contributed by atoms with van der Waals surface area (Å²) in [5.41, 5.74) is 1.65. The highest BCUT2D eigenvalue weighted by Gasteiger charge is 2.36. The SMILES string of the molecule is COc1cc(N2CCCC2C(=O)NC(=O)CNC(=O)C(C)NC(=O)C2CCCN2C(=O)OCc2ccccc2)cc2ccccc12. The van der Waals surface area contributed by atoms with Crippen LogP contribution in [0.2, 0.25) is 0 Å². The lowest BCUT2D eigenvalue weighted by molar-refractivity contribution is -0.133. The van der Waals surface area contributed by atoms with E-state index in [-0.39, 0.29) is 6.61 Å². The average Bonchev–Trinajstić information content (AvgIpc) is 3.77. The van der Waals surface area contributed by atoms with Crippen molar-refractivity contribution in [2.75, 3.05) is 31.6 Å². The number of anilines is 1. The van der Waals surface area contributed by atoms with Crippen LogP contribution in [0.3, 0.4) is 0 Å². The quantitative estimate of drug-likeness (QED) is 0.310. The van der Waals surface area contributed by atoms with Gasteiger partial charge in [-0.05, 0) is 49.6 Å². The highest BCUT2D eigenvalue weighted by Crippen LogP contribution is 2.34. The van der Waals surface area contributed by atoms with Gasteiger partial charge in [0.15, 0.2) is 0 Å². The molecule has 3 unspecified atom stereocenters. The predicted octanol–water partition coefficient (Wildman–Crippen LogP) is 2.88. The van der Waals surface area contributed by atoms with Crippen molar-refractivity contribution in [3.8, 4) is 5.75 Å². The van der Waals surface area contributed by atoms with Crippen LogP contribution in [0.1, 0.15) is 38.2 Å². The van der Waals surface area contributed by atoms with Crippen LogP contribution in [0.5, 0.6) is 5.75 Å². The lowest BCUT2D eigenvalue weighted by Gasteiger charge is -2.26. The van der Waals surface area contributed by atoms with Gasteiger partial charge in [-0.3, -0.25) is 29.4 Å². The molecule has 2 aliphatic heterocycles. The van der Waals surface area contributed by atoms with E-state index in [4.69, 9.17) is 9.47 Å². The summed E-state index contributed by atoms with van der Waals surface area (Å²) in [7, 11) is 1.60. The van der Waals surface area contributed by atoms with Gasteiger partial charge in [0, 0.05) is 30.2 Å². The van der Waals surface area contributed by atoms with Gasteiger partial charge in [-0.25, -0.2) is 4.79 Å². The van der Waals surface area contributed by atoms with E-state index in [1.165, 1.54) is 11.8 Å². The molecule has 46 heavy (non-hydrogen) atoms. The first-order valence-corrected chi connectivity index (χ1v) is 15.5. The normalized spacial score (nSPS) is 18.1. The first-order valence-electron chi connectivity index (χ1n) is 15.5. The van der Waals surface area contributed by atoms with E-state index >= 15 is 0 Å². The van der Waals surface area contributed by atoms with Crippen molar-refractivity contribution in [3.05, 3.63) is 72.3 Å². The smallest absolute Gasteiger partial charge is 0.410 e. The van der Waals surface area contributed by atoms with Crippen molar-refractivity contribution >= 4 is 46.2 Å². The van der Waals surface area contributed by atoms with E-state index < -0.39 is 54.4 Å². The molecule has 5 amide bonds. The van der Waals surface area contributed by atoms with Gasteiger partial charge in [-0.15, -0.1) is 0 Å². The van der Waals surface area contributed by atoms with E-state index in [2.05, 4.69) is 16.0 Å². The van der Waals surface area contributed by atoms with Gasteiger partial charge in [0.1, 0.15) is 30.5 Å². The molecule has 2 aliphatic rings. The Balaban J connectivity index is 1.09. The number of rotatable bonds is 10. The number of ether oxygens (including phenoxy) is 2. The van der Waals surface area contributed by atoms with Crippen LogP contribution < -0.4 is 25.6 Å². The first-order chi connectivity index (χ1) is 22.2. The molecular weight excluding hydrogens is 590 g/mol. The first kappa shape index (κ1) is 32.3. The molecule has 3 atom stereocenters. The van der Waals surface area contributed by atoms with Crippen LogP contribution >= 0.6 is 0 Å². The van der Waals surface area contributed by atoms with Gasteiger partial charge in [0.25, 0.3) is 0 Å². The minimum Gasteiger partial charge on any atom is -0.496 e. The van der Waals surface area contributed by atoms with Crippen LogP contribution in [0.25, 0.3) is 10.8 Å². The van der Waals surface area contributed by atoms with Crippen LogP contribution in [0.4, 0.5) is 10.5 Å². The standard InChI is InChI=1S/C34H39N5O7/c1-22(36-32(42)28-15-9-17-39(28)34(44)46-21-23-10-4-3-5-11-23)31(41)35-20-30(40)37-33(43)27-14-8-16-38(27)25-18-24-12-6-7-13-26(24)29(19-25)45-2/h3-7,10-13,18-19,22,27-28H,8-9,14-17,20-21H2,1-2H3,(H,35,41)(H,36,42)(H,37,40,43). The summed E-state index contributed by atoms with van der Waals surface area (Å²) in [4.78, 5) is 67.4. The summed E-state index contributed by atoms with van der Waals surface area (Å²) >= 11 is 0. The van der Waals surface area contributed by atoms with Gasteiger partial charge >= 0.3 is 6.09 Å². The molecule has 2 heterocycles. The van der Waals surface area contributed by atoms with E-state index in [0.29, 0.717) is 38.1 Å². The minimum atomic E-state index is -0.980. The van der Waals surface area contributed by atoms with Crippen LogP contribution in [-0.4, -0.2) is 79.5 Å². The number of benzene rings is 3. The number of fused-ring (bicyclic) bond motifs is 1. The van der Waals surface area contributed by atoms with Crippen LogP contribution in [-0.2, 0) is 30.5 Å². The average molecular weight is 630 g/mol. The van der Waals surface area contributed by atoms with E-state index in [1.54, 1.807) is 7.11 Å². The minimum absolute atomic E-state index is 0.0881. The van der Waals surface area contributed by atoms with Gasteiger partial charge in [0.2, 0.25) is 23.6 Å². The Morgan fingerprint density at radius 1 is 0.891 bits per heavy atom. The molecule has 0 saturated carbocycles. The fourth-order valence-electron chi connectivity index (χ4n) is 5.96. The van der Waals surface area contributed by atoms with Crippen molar-refractivity contribution in [3.63, 3.8) is 0 Å². The maximum atomic E-state index is 13.1. The molecule has 12 heteroatoms. The summed E-state index contributed by atoms with van der Waals surface area (Å²) in [6, 6.07) is 18.6. The lowest BCUT2D eigenvalue weighted by atomic mass is 10.1. The predicted molar refractivity (Wildman–Crippen MR) is 171 cm³/mol. The number of hydrogen-bond donors (Lipinski definition) is 3. The Morgan fingerprint density at radius 2 is 1.61 bits per heavy atom. The molecule has 0 aromatic heterocycles. The zero-order valence-electron chi connectivity index (χ0n) is 26.0. The zero-order valence-corrected chi connectivity index (χ0v) is 26.0. The van der Waals surface area contributed by atoms with Gasteiger partial charge in [-0.1, -0.05) is 54.6 Å². The van der Waals surface area contributed by atoms with E-state index in [9.17, 15) is 24.0 Å². The summed E-state index contributed by atoms with van der Waals surface area (Å²) in [5, 5.41) is 9.43. The second-order valence-electron chi connectivity index (χ2n) is 11.5. The number of carbonyl (C=O) groups excluding carboxylic acids is 5. The second-order valence-corrected chi connectivity index (χ2v) is 11.5. The maximum absolute atomic E-state index is 13.1. The molecular formula is C34H39N5O7. The van der Waals surface area contributed by atoms with Crippen molar-refractivity contribution in [1.82, 2.24) is 20.9 Å². The molecule has 0 spiro atoms. The Labute approximate surface area is 267 Å². The number of nitrogens with one attached hydrogen (secondary N) is 3. The van der Waals surface area contributed by atoms with Crippen molar-refractivity contribution in [2.24, 2.45) is 0 Å². The number of imide groups is 1.